The molecule has 0 radical (unpaired) electrons. The van der Waals surface area contributed by atoms with Gasteiger partial charge in [-0.25, -0.2) is 4.68 Å². The van der Waals surface area contributed by atoms with Crippen LogP contribution in [0.4, 0.5) is 0 Å². The van der Waals surface area contributed by atoms with Crippen molar-refractivity contribution in [3.8, 4) is 11.1 Å². The molecule has 1 heterocycles. The molecular weight excluding hydrogens is 258 g/mol. The fourth-order valence-electron chi connectivity index (χ4n) is 2.10. The standard InChI is InChI=1S/C14H15N3OS/c1-3-9-16-11(2)13(19-10-15)14(18)17(16)12-7-5-4-6-8-12/h4-8H,3,9H2,1-2H3. The van der Waals surface area contributed by atoms with Gasteiger partial charge in [-0.3, -0.25) is 9.48 Å². The van der Waals surface area contributed by atoms with E-state index in [2.05, 4.69) is 6.92 Å². The van der Waals surface area contributed by atoms with Crippen molar-refractivity contribution in [2.75, 3.05) is 0 Å². The summed E-state index contributed by atoms with van der Waals surface area (Å²) >= 11 is 0.935. The van der Waals surface area contributed by atoms with Gasteiger partial charge in [0.2, 0.25) is 0 Å². The average Bonchev–Trinajstić information content (AvgIpc) is 2.65. The van der Waals surface area contributed by atoms with Gasteiger partial charge in [-0.15, -0.1) is 0 Å². The molecular formula is C14H15N3OS. The second-order valence-electron chi connectivity index (χ2n) is 4.18. The van der Waals surface area contributed by atoms with Crippen LogP contribution in [0.15, 0.2) is 40.0 Å². The van der Waals surface area contributed by atoms with Crippen molar-refractivity contribution in [2.45, 2.75) is 31.7 Å². The van der Waals surface area contributed by atoms with Crippen molar-refractivity contribution in [3.63, 3.8) is 0 Å². The van der Waals surface area contributed by atoms with Crippen LogP contribution >= 0.6 is 11.8 Å². The molecule has 0 spiro atoms. The molecule has 4 nitrogen and oxygen atoms in total. The quantitative estimate of drug-likeness (QED) is 0.635. The molecule has 0 atom stereocenters. The number of hydrogen-bond donors (Lipinski definition) is 0. The molecule has 0 aliphatic carbocycles. The lowest BCUT2D eigenvalue weighted by Crippen LogP contribution is -2.21. The normalized spacial score (nSPS) is 10.4. The van der Waals surface area contributed by atoms with Gasteiger partial charge in [0.05, 0.1) is 11.4 Å². The molecule has 1 aromatic heterocycles. The van der Waals surface area contributed by atoms with E-state index in [4.69, 9.17) is 5.26 Å². The van der Waals surface area contributed by atoms with Gasteiger partial charge >= 0.3 is 0 Å². The van der Waals surface area contributed by atoms with E-state index in [1.54, 1.807) is 4.68 Å². The summed E-state index contributed by atoms with van der Waals surface area (Å²) in [4.78, 5) is 13.0. The minimum absolute atomic E-state index is 0.122. The average molecular weight is 273 g/mol. The number of nitrogens with zero attached hydrogens (tertiary/aromatic N) is 3. The number of nitriles is 1. The number of thiocyanates is 1. The molecule has 2 aromatic rings. The molecule has 0 saturated heterocycles. The summed E-state index contributed by atoms with van der Waals surface area (Å²) in [5.74, 6) is 0. The fraction of sp³-hybridized carbons (Fsp3) is 0.286. The van der Waals surface area contributed by atoms with Gasteiger partial charge in [-0.1, -0.05) is 25.1 Å². The maximum absolute atomic E-state index is 12.4. The van der Waals surface area contributed by atoms with Gasteiger partial charge < -0.3 is 0 Å². The van der Waals surface area contributed by atoms with Crippen LogP contribution in [0.1, 0.15) is 19.0 Å². The first-order chi connectivity index (χ1) is 9.20. The minimum atomic E-state index is -0.122. The second kappa shape index (κ2) is 5.81. The first-order valence-corrected chi connectivity index (χ1v) is 6.96. The number of rotatable bonds is 4. The Labute approximate surface area is 116 Å². The molecule has 0 unspecified atom stereocenters. The number of hydrogen-bond acceptors (Lipinski definition) is 3. The highest BCUT2D eigenvalue weighted by Crippen LogP contribution is 2.20. The molecule has 0 amide bonds. The largest absolute Gasteiger partial charge is 0.286 e. The maximum atomic E-state index is 12.4. The van der Waals surface area contributed by atoms with Gasteiger partial charge in [-0.2, -0.15) is 5.26 Å². The van der Waals surface area contributed by atoms with Gasteiger partial charge in [0, 0.05) is 6.54 Å². The van der Waals surface area contributed by atoms with Crippen LogP contribution in [0, 0.1) is 17.6 Å². The zero-order valence-electron chi connectivity index (χ0n) is 11.0. The molecule has 2 rings (SSSR count). The molecule has 0 fully saturated rings. The molecule has 0 N–H and O–H groups in total. The van der Waals surface area contributed by atoms with E-state index in [1.165, 1.54) is 0 Å². The number of para-hydroxylation sites is 1. The summed E-state index contributed by atoms with van der Waals surface area (Å²) in [6, 6.07) is 9.51. The Balaban J connectivity index is 2.69. The lowest BCUT2D eigenvalue weighted by Gasteiger charge is -2.12. The summed E-state index contributed by atoms with van der Waals surface area (Å²) in [5, 5.41) is 10.8. The Kier molecular flexibility index (Phi) is 4.13. The lowest BCUT2D eigenvalue weighted by molar-refractivity contribution is 0.523. The van der Waals surface area contributed by atoms with Gasteiger partial charge in [0.1, 0.15) is 10.3 Å². The number of benzene rings is 1. The monoisotopic (exact) mass is 273 g/mol. The van der Waals surface area contributed by atoms with E-state index >= 15 is 0 Å². The zero-order chi connectivity index (χ0) is 13.8. The highest BCUT2D eigenvalue weighted by atomic mass is 32.2. The highest BCUT2D eigenvalue weighted by molar-refractivity contribution is 8.03. The summed E-state index contributed by atoms with van der Waals surface area (Å²) in [6.07, 6.45) is 0.929. The smallest absolute Gasteiger partial charge is 0.281 e. The SMILES string of the molecule is CCCn1c(C)c(SC#N)c(=O)n1-c1ccccc1. The predicted molar refractivity (Wildman–Crippen MR) is 76.5 cm³/mol. The topological polar surface area (TPSA) is 50.7 Å². The third-order valence-electron chi connectivity index (χ3n) is 2.93. The van der Waals surface area contributed by atoms with Gasteiger partial charge in [0.25, 0.3) is 5.56 Å². The number of thioether (sulfide) groups is 1. The Morgan fingerprint density at radius 1 is 1.32 bits per heavy atom. The first-order valence-electron chi connectivity index (χ1n) is 6.14. The van der Waals surface area contributed by atoms with Crippen LogP contribution in [-0.2, 0) is 6.54 Å². The van der Waals surface area contributed by atoms with E-state index < -0.39 is 0 Å². The molecule has 1 aromatic carbocycles. The second-order valence-corrected chi connectivity index (χ2v) is 4.98. The predicted octanol–water partition coefficient (Wildman–Crippen LogP) is 2.93. The fourth-order valence-corrected chi connectivity index (χ4v) is 2.61. The van der Waals surface area contributed by atoms with E-state index in [9.17, 15) is 4.79 Å². The van der Waals surface area contributed by atoms with E-state index in [-0.39, 0.29) is 5.56 Å². The highest BCUT2D eigenvalue weighted by Gasteiger charge is 2.17. The molecule has 0 saturated carbocycles. The molecule has 98 valence electrons. The third kappa shape index (κ3) is 2.45. The maximum Gasteiger partial charge on any atom is 0.286 e. The van der Waals surface area contributed by atoms with Crippen molar-refractivity contribution in [1.29, 1.82) is 5.26 Å². The zero-order valence-corrected chi connectivity index (χ0v) is 11.8. The Hall–Kier alpha value is -1.93. The van der Waals surface area contributed by atoms with Crippen LogP contribution in [0.3, 0.4) is 0 Å². The van der Waals surface area contributed by atoms with Crippen LogP contribution in [0.5, 0.6) is 0 Å². The van der Waals surface area contributed by atoms with Crippen LogP contribution < -0.4 is 5.56 Å². The van der Waals surface area contributed by atoms with Crippen molar-refractivity contribution >= 4 is 11.8 Å². The molecule has 0 aliphatic rings. The van der Waals surface area contributed by atoms with Crippen LogP contribution in [0.2, 0.25) is 0 Å². The summed E-state index contributed by atoms with van der Waals surface area (Å²) < 4.78 is 3.59. The van der Waals surface area contributed by atoms with E-state index in [1.807, 2.05) is 47.3 Å². The van der Waals surface area contributed by atoms with Crippen molar-refractivity contribution in [1.82, 2.24) is 9.36 Å². The van der Waals surface area contributed by atoms with Crippen LogP contribution in [0.25, 0.3) is 5.69 Å². The summed E-state index contributed by atoms with van der Waals surface area (Å²) in [6.45, 7) is 4.70. The third-order valence-corrected chi connectivity index (χ3v) is 3.69. The molecule has 0 aliphatic heterocycles. The first kappa shape index (κ1) is 13.5. The Morgan fingerprint density at radius 2 is 2.00 bits per heavy atom. The van der Waals surface area contributed by atoms with Gasteiger partial charge in [0.15, 0.2) is 0 Å². The van der Waals surface area contributed by atoms with Crippen LogP contribution in [-0.4, -0.2) is 9.36 Å². The van der Waals surface area contributed by atoms with E-state index in [0.717, 1.165) is 36.1 Å². The van der Waals surface area contributed by atoms with Gasteiger partial charge in [-0.05, 0) is 37.2 Å². The Bertz CT molecular complexity index is 664. The molecule has 19 heavy (non-hydrogen) atoms. The van der Waals surface area contributed by atoms with Crippen molar-refractivity contribution < 1.29 is 0 Å². The van der Waals surface area contributed by atoms with Crippen molar-refractivity contribution in [3.05, 3.63) is 46.4 Å². The van der Waals surface area contributed by atoms with Crippen molar-refractivity contribution in [2.24, 2.45) is 0 Å². The summed E-state index contributed by atoms with van der Waals surface area (Å²) in [7, 11) is 0. The molecule has 0 bridgehead atoms. The Morgan fingerprint density at radius 3 is 2.58 bits per heavy atom. The molecule has 5 heteroatoms. The minimum Gasteiger partial charge on any atom is -0.281 e. The number of aromatic nitrogens is 2. The lowest BCUT2D eigenvalue weighted by atomic mass is 10.3. The van der Waals surface area contributed by atoms with E-state index in [0.29, 0.717) is 4.90 Å². The summed E-state index contributed by atoms with van der Waals surface area (Å²) in [5.41, 5.74) is 1.56.